The number of halogens is 1. The molecule has 4 rings (SSSR count). The van der Waals surface area contributed by atoms with Crippen molar-refractivity contribution in [1.82, 2.24) is 14.5 Å². The number of nitrogens with one attached hydrogen (secondary N) is 1. The fourth-order valence-electron chi connectivity index (χ4n) is 3.30. The number of ether oxygens (including phenoxy) is 1. The highest BCUT2D eigenvalue weighted by Crippen LogP contribution is 2.25. The number of nitrogens with zero attached hydrogens (tertiary/aromatic N) is 3. The zero-order valence-electron chi connectivity index (χ0n) is 20.1. The van der Waals surface area contributed by atoms with Gasteiger partial charge in [-0.2, -0.15) is 4.98 Å². The zero-order valence-corrected chi connectivity index (χ0v) is 20.8. The second-order valence-electron chi connectivity index (χ2n) is 7.81. The Kier molecular flexibility index (Phi) is 11.5. The van der Waals surface area contributed by atoms with E-state index in [1.807, 2.05) is 67.8 Å². The van der Waals surface area contributed by atoms with Crippen molar-refractivity contribution < 1.29 is 9.53 Å². The second-order valence-corrected chi connectivity index (χ2v) is 8.22. The molecule has 2 aromatic carbocycles. The van der Waals surface area contributed by atoms with E-state index in [0.717, 1.165) is 43.1 Å². The van der Waals surface area contributed by atoms with Gasteiger partial charge in [0.25, 0.3) is 5.56 Å². The van der Waals surface area contributed by atoms with Crippen LogP contribution in [-0.2, 0) is 22.5 Å². The SMILES string of the molecule is C=O.CCc1cn(Cc2ccccc2)c(Nc2cccc(Cl)c2C)nc1=O.CN1CCOCC1. The van der Waals surface area contributed by atoms with Gasteiger partial charge in [0.1, 0.15) is 6.79 Å². The Balaban J connectivity index is 0.000000384. The number of likely N-dealkylation sites (N-methyl/N-ethyl adjacent to an activating group) is 1. The van der Waals surface area contributed by atoms with Gasteiger partial charge in [-0.15, -0.1) is 0 Å². The summed E-state index contributed by atoms with van der Waals surface area (Å²) in [5, 5.41) is 3.93. The molecule has 1 aliphatic heterocycles. The van der Waals surface area contributed by atoms with Gasteiger partial charge in [-0.1, -0.05) is 54.9 Å². The van der Waals surface area contributed by atoms with Gasteiger partial charge in [-0.25, -0.2) is 0 Å². The molecule has 0 atom stereocenters. The Morgan fingerprint density at radius 2 is 1.76 bits per heavy atom. The minimum absolute atomic E-state index is 0.200. The largest absolute Gasteiger partial charge is 0.379 e. The molecule has 1 N–H and O–H groups in total. The maximum atomic E-state index is 12.2. The number of rotatable bonds is 5. The van der Waals surface area contributed by atoms with Gasteiger partial charge < -0.3 is 24.3 Å². The Morgan fingerprint density at radius 3 is 2.35 bits per heavy atom. The lowest BCUT2D eigenvalue weighted by atomic mass is 10.2. The van der Waals surface area contributed by atoms with Gasteiger partial charge in [-0.05, 0) is 43.7 Å². The first-order valence-corrected chi connectivity index (χ1v) is 11.6. The highest BCUT2D eigenvalue weighted by Gasteiger charge is 2.10. The summed E-state index contributed by atoms with van der Waals surface area (Å²) >= 11 is 6.20. The third-order valence-corrected chi connectivity index (χ3v) is 5.80. The number of benzene rings is 2. The maximum Gasteiger partial charge on any atom is 0.277 e. The van der Waals surface area contributed by atoms with Crippen molar-refractivity contribution >= 4 is 30.0 Å². The highest BCUT2D eigenvalue weighted by molar-refractivity contribution is 6.31. The van der Waals surface area contributed by atoms with Gasteiger partial charge >= 0.3 is 0 Å². The molecule has 1 aliphatic rings. The third-order valence-electron chi connectivity index (χ3n) is 5.39. The van der Waals surface area contributed by atoms with E-state index < -0.39 is 0 Å². The average Bonchev–Trinajstić information content (AvgIpc) is 2.86. The summed E-state index contributed by atoms with van der Waals surface area (Å²) in [4.78, 5) is 26.8. The molecular weight excluding hydrogens is 452 g/mol. The molecule has 0 saturated carbocycles. The summed E-state index contributed by atoms with van der Waals surface area (Å²) < 4.78 is 7.07. The molecule has 0 radical (unpaired) electrons. The first-order chi connectivity index (χ1) is 16.5. The van der Waals surface area contributed by atoms with Gasteiger partial charge in [0.05, 0.1) is 19.8 Å². The second kappa shape index (κ2) is 14.3. The number of carbonyl (C=O) groups is 1. The van der Waals surface area contributed by atoms with Crippen LogP contribution < -0.4 is 10.9 Å². The fraction of sp³-hybridized carbons (Fsp3) is 0.346. The normalized spacial score (nSPS) is 13.2. The van der Waals surface area contributed by atoms with Crippen LogP contribution in [0.2, 0.25) is 5.02 Å². The molecule has 34 heavy (non-hydrogen) atoms. The van der Waals surface area contributed by atoms with E-state index in [4.69, 9.17) is 21.1 Å². The number of carbonyl (C=O) groups excluding carboxylic acids is 1. The molecular formula is C26H33ClN4O3. The molecule has 0 bridgehead atoms. The van der Waals surface area contributed by atoms with E-state index in [1.54, 1.807) is 0 Å². The van der Waals surface area contributed by atoms with E-state index in [-0.39, 0.29) is 5.56 Å². The predicted octanol–water partition coefficient (Wildman–Crippen LogP) is 4.32. The van der Waals surface area contributed by atoms with Crippen molar-refractivity contribution in [1.29, 1.82) is 0 Å². The highest BCUT2D eigenvalue weighted by atomic mass is 35.5. The Labute approximate surface area is 206 Å². The Bertz CT molecular complexity index is 1080. The molecule has 2 heterocycles. The van der Waals surface area contributed by atoms with Crippen molar-refractivity contribution in [3.05, 3.63) is 86.8 Å². The van der Waals surface area contributed by atoms with Crippen molar-refractivity contribution in [2.75, 3.05) is 38.7 Å². The van der Waals surface area contributed by atoms with Crippen molar-refractivity contribution in [2.45, 2.75) is 26.8 Å². The molecule has 3 aromatic rings. The lowest BCUT2D eigenvalue weighted by Gasteiger charge is -2.21. The smallest absolute Gasteiger partial charge is 0.277 e. The summed E-state index contributed by atoms with van der Waals surface area (Å²) in [5.41, 5.74) is 3.40. The molecule has 0 spiro atoms. The van der Waals surface area contributed by atoms with Crippen LogP contribution in [0.1, 0.15) is 23.6 Å². The molecule has 0 aliphatic carbocycles. The topological polar surface area (TPSA) is 76.5 Å². The summed E-state index contributed by atoms with van der Waals surface area (Å²) in [6.07, 6.45) is 2.53. The average molecular weight is 485 g/mol. The van der Waals surface area contributed by atoms with Crippen LogP contribution in [0.15, 0.2) is 59.5 Å². The molecule has 1 aromatic heterocycles. The van der Waals surface area contributed by atoms with Crippen LogP contribution in [0.25, 0.3) is 0 Å². The molecule has 0 amide bonds. The molecule has 7 nitrogen and oxygen atoms in total. The van der Waals surface area contributed by atoms with Crippen molar-refractivity contribution in [3.8, 4) is 0 Å². The van der Waals surface area contributed by atoms with Crippen molar-refractivity contribution in [3.63, 3.8) is 0 Å². The van der Waals surface area contributed by atoms with Gasteiger partial charge in [0.2, 0.25) is 5.95 Å². The Morgan fingerprint density at radius 1 is 1.09 bits per heavy atom. The van der Waals surface area contributed by atoms with Gasteiger partial charge in [-0.3, -0.25) is 4.79 Å². The van der Waals surface area contributed by atoms with Crippen LogP contribution >= 0.6 is 11.6 Å². The van der Waals surface area contributed by atoms with Gasteiger partial charge in [0.15, 0.2) is 0 Å². The lowest BCUT2D eigenvalue weighted by molar-refractivity contribution is -0.0979. The van der Waals surface area contributed by atoms with E-state index in [9.17, 15) is 4.79 Å². The van der Waals surface area contributed by atoms with Crippen LogP contribution in [0.4, 0.5) is 11.6 Å². The number of morpholine rings is 1. The zero-order chi connectivity index (χ0) is 24.9. The standard InChI is InChI=1S/C20H20ClN3O.C5H11NO.CH2O/c1-3-16-13-24(12-15-8-5-4-6-9-15)20(23-19(16)25)22-18-11-7-10-17(21)14(18)2;1-6-2-4-7-5-3-6;1-2/h4-11,13H,3,12H2,1-2H3,(H,22,23,25);2-5H2,1H3;1H2. The number of aromatic nitrogens is 2. The first kappa shape index (κ1) is 27.2. The number of aryl methyl sites for hydroxylation is 1. The molecule has 1 fully saturated rings. The van der Waals surface area contributed by atoms with E-state index >= 15 is 0 Å². The lowest BCUT2D eigenvalue weighted by Crippen LogP contribution is -2.32. The summed E-state index contributed by atoms with van der Waals surface area (Å²) in [5.74, 6) is 0.511. The van der Waals surface area contributed by atoms with E-state index in [1.165, 1.54) is 0 Å². The first-order valence-electron chi connectivity index (χ1n) is 11.2. The molecule has 1 saturated heterocycles. The van der Waals surface area contributed by atoms with Crippen LogP contribution in [0.3, 0.4) is 0 Å². The quantitative estimate of drug-likeness (QED) is 0.581. The summed E-state index contributed by atoms with van der Waals surface area (Å²) in [6.45, 7) is 10.5. The minimum atomic E-state index is -0.200. The number of hydrogen-bond donors (Lipinski definition) is 1. The molecule has 8 heteroatoms. The summed E-state index contributed by atoms with van der Waals surface area (Å²) in [7, 11) is 2.11. The Hall–Kier alpha value is -3.00. The molecule has 0 unspecified atom stereocenters. The summed E-state index contributed by atoms with van der Waals surface area (Å²) in [6, 6.07) is 15.7. The van der Waals surface area contributed by atoms with Crippen LogP contribution in [0.5, 0.6) is 0 Å². The third kappa shape index (κ3) is 8.09. The predicted molar refractivity (Wildman–Crippen MR) is 138 cm³/mol. The monoisotopic (exact) mass is 484 g/mol. The molecule has 182 valence electrons. The van der Waals surface area contributed by atoms with Crippen molar-refractivity contribution in [2.24, 2.45) is 0 Å². The van der Waals surface area contributed by atoms with Crippen LogP contribution in [0, 0.1) is 6.92 Å². The number of anilines is 2. The minimum Gasteiger partial charge on any atom is -0.379 e. The van der Waals surface area contributed by atoms with Gasteiger partial charge in [0, 0.05) is 35.6 Å². The number of hydrogen-bond acceptors (Lipinski definition) is 6. The maximum absolute atomic E-state index is 12.2. The van der Waals surface area contributed by atoms with Crippen LogP contribution in [-0.4, -0.2) is 54.6 Å². The van der Waals surface area contributed by atoms with E-state index in [2.05, 4.69) is 34.4 Å². The fourth-order valence-corrected chi connectivity index (χ4v) is 3.47. The van der Waals surface area contributed by atoms with E-state index in [0.29, 0.717) is 29.5 Å².